The highest BCUT2D eigenvalue weighted by molar-refractivity contribution is 5.78. The van der Waals surface area contributed by atoms with Gasteiger partial charge >= 0.3 is 5.97 Å². The minimum absolute atomic E-state index is 0.378. The van der Waals surface area contributed by atoms with E-state index in [1.54, 1.807) is 6.92 Å². The van der Waals surface area contributed by atoms with Crippen LogP contribution in [-0.4, -0.2) is 29.8 Å². The summed E-state index contributed by atoms with van der Waals surface area (Å²) < 4.78 is 5.58. The molecule has 0 aromatic heterocycles. The number of ether oxygens (including phenoxy) is 1. The Morgan fingerprint density at radius 3 is 2.53 bits per heavy atom. The van der Waals surface area contributed by atoms with Gasteiger partial charge in [-0.25, -0.2) is 0 Å². The van der Waals surface area contributed by atoms with Gasteiger partial charge in [-0.3, -0.25) is 4.79 Å². The van der Waals surface area contributed by atoms with E-state index >= 15 is 0 Å². The second-order valence-corrected chi connectivity index (χ2v) is 4.98. The number of rotatable bonds is 8. The van der Waals surface area contributed by atoms with E-state index in [4.69, 9.17) is 4.74 Å². The Morgan fingerprint density at radius 1 is 1.37 bits per heavy atom. The molecule has 4 nitrogen and oxygen atoms in total. The number of hydrogen-bond acceptors (Lipinski definition) is 3. The van der Waals surface area contributed by atoms with Crippen molar-refractivity contribution in [3.8, 4) is 5.75 Å². The van der Waals surface area contributed by atoms with E-state index in [1.807, 2.05) is 38.1 Å². The number of hydrogen-bond donors (Lipinski definition) is 2. The summed E-state index contributed by atoms with van der Waals surface area (Å²) in [5, 5.41) is 12.3. The summed E-state index contributed by atoms with van der Waals surface area (Å²) in [6, 6.07) is 7.74. The molecule has 0 fully saturated rings. The minimum Gasteiger partial charge on any atom is -0.494 e. The van der Waals surface area contributed by atoms with Crippen molar-refractivity contribution in [1.29, 1.82) is 0 Å². The number of aliphatic carboxylic acids is 1. The maximum Gasteiger partial charge on any atom is 0.323 e. The van der Waals surface area contributed by atoms with E-state index in [9.17, 15) is 9.90 Å². The van der Waals surface area contributed by atoms with Crippen LogP contribution in [0.2, 0.25) is 0 Å². The number of carboxylic acids is 1. The minimum atomic E-state index is -0.930. The molecule has 0 bridgehead atoms. The summed E-state index contributed by atoms with van der Waals surface area (Å²) >= 11 is 0. The highest BCUT2D eigenvalue weighted by Gasteiger charge is 2.31. The standard InChI is InChI=1S/C15H23NO3/c1-4-10-16-15(3,14(17)18)9-11-19-13-7-5-12(2)6-8-13/h5-8,16H,4,9-11H2,1-3H3,(H,17,18). The molecule has 0 radical (unpaired) electrons. The van der Waals surface area contributed by atoms with Crippen LogP contribution in [-0.2, 0) is 4.79 Å². The SMILES string of the molecule is CCCNC(C)(CCOc1ccc(C)cc1)C(=O)O. The number of carbonyl (C=O) groups is 1. The molecule has 1 aromatic carbocycles. The molecule has 0 saturated carbocycles. The van der Waals surface area contributed by atoms with Crippen molar-refractivity contribution < 1.29 is 14.6 Å². The van der Waals surface area contributed by atoms with Gasteiger partial charge in [0.2, 0.25) is 0 Å². The lowest BCUT2D eigenvalue weighted by molar-refractivity contribution is -0.144. The van der Waals surface area contributed by atoms with Gasteiger partial charge in [-0.1, -0.05) is 24.6 Å². The number of carboxylic acid groups (broad SMARTS) is 1. The molecule has 0 saturated heterocycles. The van der Waals surface area contributed by atoms with E-state index in [-0.39, 0.29) is 0 Å². The fraction of sp³-hybridized carbons (Fsp3) is 0.533. The van der Waals surface area contributed by atoms with Gasteiger partial charge in [0, 0.05) is 6.42 Å². The smallest absolute Gasteiger partial charge is 0.323 e. The Bertz CT molecular complexity index is 402. The van der Waals surface area contributed by atoms with Gasteiger partial charge < -0.3 is 15.2 Å². The molecular weight excluding hydrogens is 242 g/mol. The maximum absolute atomic E-state index is 11.3. The van der Waals surface area contributed by atoms with Gasteiger partial charge in [0.1, 0.15) is 11.3 Å². The third kappa shape index (κ3) is 4.91. The molecule has 1 atom stereocenters. The topological polar surface area (TPSA) is 58.6 Å². The number of benzene rings is 1. The fourth-order valence-electron chi connectivity index (χ4n) is 1.68. The summed E-state index contributed by atoms with van der Waals surface area (Å²) in [5.41, 5.74) is 0.244. The van der Waals surface area contributed by atoms with Crippen molar-refractivity contribution in [3.63, 3.8) is 0 Å². The summed E-state index contributed by atoms with van der Waals surface area (Å²) in [4.78, 5) is 11.3. The highest BCUT2D eigenvalue weighted by Crippen LogP contribution is 2.15. The molecule has 0 aliphatic heterocycles. The van der Waals surface area contributed by atoms with Crippen molar-refractivity contribution in [2.45, 2.75) is 39.2 Å². The molecule has 1 unspecified atom stereocenters. The second kappa shape index (κ2) is 7.14. The third-order valence-electron chi connectivity index (χ3n) is 3.13. The molecule has 0 amide bonds. The van der Waals surface area contributed by atoms with Gasteiger partial charge in [0.25, 0.3) is 0 Å². The van der Waals surface area contributed by atoms with Gasteiger partial charge in [-0.05, 0) is 38.9 Å². The second-order valence-electron chi connectivity index (χ2n) is 4.98. The predicted octanol–water partition coefficient (Wildman–Crippen LogP) is 2.61. The highest BCUT2D eigenvalue weighted by atomic mass is 16.5. The first kappa shape index (κ1) is 15.5. The molecule has 0 heterocycles. The largest absolute Gasteiger partial charge is 0.494 e. The van der Waals surface area contributed by atoms with Crippen LogP contribution in [0.4, 0.5) is 0 Å². The van der Waals surface area contributed by atoms with Crippen molar-refractivity contribution in [1.82, 2.24) is 5.32 Å². The Labute approximate surface area is 114 Å². The van der Waals surface area contributed by atoms with Crippen molar-refractivity contribution in [2.24, 2.45) is 0 Å². The van der Waals surface area contributed by atoms with Crippen LogP contribution >= 0.6 is 0 Å². The first-order chi connectivity index (χ1) is 8.98. The lowest BCUT2D eigenvalue weighted by Gasteiger charge is -2.26. The normalized spacial score (nSPS) is 13.8. The van der Waals surface area contributed by atoms with Crippen LogP contribution < -0.4 is 10.1 Å². The summed E-state index contributed by atoms with van der Waals surface area (Å²) in [7, 11) is 0. The zero-order chi connectivity index (χ0) is 14.3. The van der Waals surface area contributed by atoms with Crippen LogP contribution in [0, 0.1) is 6.92 Å². The van der Waals surface area contributed by atoms with E-state index < -0.39 is 11.5 Å². The van der Waals surface area contributed by atoms with Gasteiger partial charge in [-0.2, -0.15) is 0 Å². The van der Waals surface area contributed by atoms with Crippen molar-refractivity contribution in [2.75, 3.05) is 13.2 Å². The average molecular weight is 265 g/mol. The molecule has 19 heavy (non-hydrogen) atoms. The molecule has 0 spiro atoms. The Kier molecular flexibility index (Phi) is 5.83. The molecule has 0 aliphatic carbocycles. The molecule has 1 rings (SSSR count). The van der Waals surface area contributed by atoms with Crippen molar-refractivity contribution >= 4 is 5.97 Å². The van der Waals surface area contributed by atoms with E-state index in [2.05, 4.69) is 5.32 Å². The maximum atomic E-state index is 11.3. The molecule has 2 N–H and O–H groups in total. The summed E-state index contributed by atoms with van der Waals surface area (Å²) in [6.07, 6.45) is 1.33. The van der Waals surface area contributed by atoms with Crippen LogP contribution in [0.1, 0.15) is 32.3 Å². The Balaban J connectivity index is 2.48. The molecule has 0 aliphatic rings. The van der Waals surface area contributed by atoms with E-state index in [0.717, 1.165) is 12.2 Å². The van der Waals surface area contributed by atoms with Gasteiger partial charge in [0.15, 0.2) is 0 Å². The van der Waals surface area contributed by atoms with Crippen LogP contribution in [0.15, 0.2) is 24.3 Å². The van der Waals surface area contributed by atoms with Crippen LogP contribution in [0.3, 0.4) is 0 Å². The third-order valence-corrected chi connectivity index (χ3v) is 3.13. The summed E-state index contributed by atoms with van der Waals surface area (Å²) in [5.74, 6) is -0.0673. The van der Waals surface area contributed by atoms with Crippen LogP contribution in [0.5, 0.6) is 5.75 Å². The Hall–Kier alpha value is -1.55. The fourth-order valence-corrected chi connectivity index (χ4v) is 1.68. The predicted molar refractivity (Wildman–Crippen MR) is 75.6 cm³/mol. The summed E-state index contributed by atoms with van der Waals surface area (Å²) in [6.45, 7) is 6.79. The Morgan fingerprint density at radius 2 is 2.00 bits per heavy atom. The number of nitrogens with one attached hydrogen (secondary N) is 1. The molecule has 4 heteroatoms. The lowest BCUT2D eigenvalue weighted by Crippen LogP contribution is -2.50. The number of aryl methyl sites for hydroxylation is 1. The van der Waals surface area contributed by atoms with Crippen LogP contribution in [0.25, 0.3) is 0 Å². The van der Waals surface area contributed by atoms with Gasteiger partial charge in [-0.15, -0.1) is 0 Å². The zero-order valence-corrected chi connectivity index (χ0v) is 11.9. The average Bonchev–Trinajstić information content (AvgIpc) is 2.38. The monoisotopic (exact) mass is 265 g/mol. The quantitative estimate of drug-likeness (QED) is 0.758. The molecule has 106 valence electrons. The zero-order valence-electron chi connectivity index (χ0n) is 11.9. The molecule has 1 aromatic rings. The van der Waals surface area contributed by atoms with Gasteiger partial charge in [0.05, 0.1) is 6.61 Å². The first-order valence-corrected chi connectivity index (χ1v) is 6.66. The van der Waals surface area contributed by atoms with E-state index in [0.29, 0.717) is 19.6 Å². The molecular formula is C15H23NO3. The first-order valence-electron chi connectivity index (χ1n) is 6.66. The lowest BCUT2D eigenvalue weighted by atomic mass is 9.98. The van der Waals surface area contributed by atoms with Crippen molar-refractivity contribution in [3.05, 3.63) is 29.8 Å². The van der Waals surface area contributed by atoms with E-state index in [1.165, 1.54) is 5.56 Å².